The Kier molecular flexibility index (Phi) is 8.98. The summed E-state index contributed by atoms with van der Waals surface area (Å²) in [5.74, 6) is -1.99. The Balaban J connectivity index is 1.56. The molecule has 5 atom stereocenters. The number of aryl methyl sites for hydroxylation is 1. The number of ketones is 1. The first-order valence-electron chi connectivity index (χ1n) is 15.1. The highest BCUT2D eigenvalue weighted by atomic mass is 35.5. The van der Waals surface area contributed by atoms with Crippen molar-refractivity contribution in [3.8, 4) is 0 Å². The monoisotopic (exact) mass is 682 g/mol. The number of benzene rings is 3. The van der Waals surface area contributed by atoms with Crippen LogP contribution in [0.5, 0.6) is 0 Å². The van der Waals surface area contributed by atoms with E-state index in [1.54, 1.807) is 48.5 Å². The number of sulfone groups is 1. The van der Waals surface area contributed by atoms with Crippen LogP contribution in [0.4, 0.5) is 0 Å². The van der Waals surface area contributed by atoms with Crippen LogP contribution in [0, 0.1) is 12.8 Å². The van der Waals surface area contributed by atoms with Gasteiger partial charge in [-0.25, -0.2) is 8.42 Å². The Labute approximate surface area is 276 Å². The molecule has 1 fully saturated rings. The largest absolute Gasteiger partial charge is 0.299 e. The lowest BCUT2D eigenvalue weighted by atomic mass is 9.68. The molecular weight excluding hydrogens is 647 g/mol. The zero-order valence-electron chi connectivity index (χ0n) is 25.1. The van der Waals surface area contributed by atoms with Crippen LogP contribution in [0.2, 0.25) is 10.0 Å². The predicted octanol–water partition coefficient (Wildman–Crippen LogP) is 9.67. The molecule has 45 heavy (non-hydrogen) atoms. The Hall–Kier alpha value is -2.65. The molecule has 3 aromatic carbocycles. The maximum Gasteiger partial charge on any atom is 0.160 e. The van der Waals surface area contributed by atoms with Crippen molar-refractivity contribution in [3.05, 3.63) is 134 Å². The van der Waals surface area contributed by atoms with E-state index < -0.39 is 48.7 Å². The molecular formula is C36H36Cl2O5S2. The average Bonchev–Trinajstić information content (AvgIpc) is 3.01. The number of carbonyl (C=O) groups excluding carboxylic acids is 1. The van der Waals surface area contributed by atoms with Crippen molar-refractivity contribution < 1.29 is 22.3 Å². The molecule has 9 heteroatoms. The van der Waals surface area contributed by atoms with Crippen LogP contribution in [0.25, 0.3) is 0 Å². The van der Waals surface area contributed by atoms with Crippen molar-refractivity contribution in [3.63, 3.8) is 0 Å². The number of halogens is 2. The maximum atomic E-state index is 14.4. The Morgan fingerprint density at radius 1 is 0.822 bits per heavy atom. The van der Waals surface area contributed by atoms with Gasteiger partial charge in [0.25, 0.3) is 0 Å². The SMILES string of the molecule is CC1=CCC(S(=O)(=O)C2CC3C(=O)CC(c4ccc(Cl)cc4)C(S(O)(O)c4ccccc4C)=C3CC2c2cccc(Cl)c2)C=C1. The standard InChI is InChI=1S/C36H36Cl2O5S2/c1-22-10-16-28(17-11-22)44(40,41)35-21-31-32(19-29(35)25-7-5-8-27(38)18-25)36(45(42,43)34-9-4-3-6-23(34)2)30(20-33(31)39)24-12-14-26(37)15-13-24/h3-16,18,28-31,35,42-43H,17,19-21H2,1-2H3. The van der Waals surface area contributed by atoms with E-state index in [9.17, 15) is 22.3 Å². The van der Waals surface area contributed by atoms with Crippen molar-refractivity contribution in [2.75, 3.05) is 0 Å². The molecule has 0 radical (unpaired) electrons. The zero-order chi connectivity index (χ0) is 32.1. The second-order valence-corrected chi connectivity index (χ2v) is 17.6. The number of rotatable bonds is 6. The van der Waals surface area contributed by atoms with Gasteiger partial charge in [0.2, 0.25) is 0 Å². The van der Waals surface area contributed by atoms with Crippen molar-refractivity contribution in [2.45, 2.75) is 66.8 Å². The first-order valence-corrected chi connectivity index (χ1v) is 19.0. The quantitative estimate of drug-likeness (QED) is 0.270. The number of hydrogen-bond donors (Lipinski definition) is 2. The fraction of sp³-hybridized carbons (Fsp3) is 0.306. The molecule has 3 aromatic rings. The van der Waals surface area contributed by atoms with Gasteiger partial charge in [-0.3, -0.25) is 13.9 Å². The van der Waals surface area contributed by atoms with E-state index in [2.05, 4.69) is 0 Å². The van der Waals surface area contributed by atoms with Crippen LogP contribution in [0.3, 0.4) is 0 Å². The molecule has 236 valence electrons. The highest BCUT2D eigenvalue weighted by Gasteiger charge is 2.51. The van der Waals surface area contributed by atoms with Gasteiger partial charge in [-0.05, 0) is 85.7 Å². The van der Waals surface area contributed by atoms with E-state index in [1.165, 1.54) is 0 Å². The second-order valence-electron chi connectivity index (χ2n) is 12.3. The summed E-state index contributed by atoms with van der Waals surface area (Å²) in [7, 11) is -7.34. The molecule has 2 N–H and O–H groups in total. The molecule has 6 rings (SSSR count). The molecule has 0 spiro atoms. The third kappa shape index (κ3) is 6.11. The molecule has 3 aliphatic rings. The van der Waals surface area contributed by atoms with Gasteiger partial charge in [-0.2, -0.15) is 0 Å². The molecule has 0 bridgehead atoms. The molecule has 0 amide bonds. The fourth-order valence-corrected chi connectivity index (χ4v) is 12.1. The lowest BCUT2D eigenvalue weighted by Gasteiger charge is -2.48. The number of Topliss-reactive ketones (excluding diaryl/α,β-unsaturated/α-hetero) is 1. The lowest BCUT2D eigenvalue weighted by molar-refractivity contribution is -0.123. The molecule has 5 unspecified atom stereocenters. The minimum Gasteiger partial charge on any atom is -0.299 e. The minimum atomic E-state index is -3.76. The smallest absolute Gasteiger partial charge is 0.160 e. The van der Waals surface area contributed by atoms with Gasteiger partial charge < -0.3 is 0 Å². The van der Waals surface area contributed by atoms with Gasteiger partial charge in [0.1, 0.15) is 5.78 Å². The lowest BCUT2D eigenvalue weighted by Crippen LogP contribution is -2.44. The van der Waals surface area contributed by atoms with Crippen LogP contribution < -0.4 is 0 Å². The van der Waals surface area contributed by atoms with Crippen molar-refractivity contribution >= 4 is 49.4 Å². The average molecular weight is 684 g/mol. The molecule has 0 aromatic heterocycles. The van der Waals surface area contributed by atoms with E-state index in [1.807, 2.05) is 56.3 Å². The zero-order valence-corrected chi connectivity index (χ0v) is 28.2. The van der Waals surface area contributed by atoms with Crippen molar-refractivity contribution in [1.29, 1.82) is 0 Å². The number of carbonyl (C=O) groups is 1. The second kappa shape index (κ2) is 12.5. The topological polar surface area (TPSA) is 91.7 Å². The van der Waals surface area contributed by atoms with E-state index in [0.29, 0.717) is 31.8 Å². The third-order valence-corrected chi connectivity index (χ3v) is 14.8. The number of fused-ring (bicyclic) bond motifs is 1. The number of hydrogen-bond acceptors (Lipinski definition) is 5. The Morgan fingerprint density at radius 2 is 1.56 bits per heavy atom. The molecule has 1 saturated carbocycles. The molecule has 3 aliphatic carbocycles. The molecule has 0 saturated heterocycles. The fourth-order valence-electron chi connectivity index (χ4n) is 7.26. The van der Waals surface area contributed by atoms with E-state index in [-0.39, 0.29) is 25.0 Å². The van der Waals surface area contributed by atoms with Crippen LogP contribution in [0.1, 0.15) is 61.1 Å². The van der Waals surface area contributed by atoms with E-state index in [0.717, 1.165) is 22.3 Å². The summed E-state index contributed by atoms with van der Waals surface area (Å²) >= 11 is 12.7. The van der Waals surface area contributed by atoms with Gasteiger partial charge in [0.15, 0.2) is 9.84 Å². The summed E-state index contributed by atoms with van der Waals surface area (Å²) in [6.07, 6.45) is 6.20. The Bertz CT molecular complexity index is 1840. The first kappa shape index (κ1) is 32.3. The summed E-state index contributed by atoms with van der Waals surface area (Å²) in [6.45, 7) is 3.78. The minimum absolute atomic E-state index is 0.0345. The molecule has 0 aliphatic heterocycles. The van der Waals surface area contributed by atoms with Gasteiger partial charge in [0.05, 0.1) is 15.4 Å². The highest BCUT2D eigenvalue weighted by molar-refractivity contribution is 8.27. The summed E-state index contributed by atoms with van der Waals surface area (Å²) in [5.41, 5.74) is 3.88. The van der Waals surface area contributed by atoms with Crippen LogP contribution >= 0.6 is 33.8 Å². The van der Waals surface area contributed by atoms with Crippen LogP contribution in [0.15, 0.2) is 112 Å². The highest BCUT2D eigenvalue weighted by Crippen LogP contribution is 2.66. The predicted molar refractivity (Wildman–Crippen MR) is 184 cm³/mol. The van der Waals surface area contributed by atoms with Gasteiger partial charge in [-0.1, -0.05) is 89.5 Å². The van der Waals surface area contributed by atoms with Crippen LogP contribution in [-0.4, -0.2) is 33.8 Å². The maximum absolute atomic E-state index is 14.4. The van der Waals surface area contributed by atoms with Gasteiger partial charge in [-0.15, -0.1) is 10.6 Å². The van der Waals surface area contributed by atoms with Crippen molar-refractivity contribution in [1.82, 2.24) is 0 Å². The summed E-state index contributed by atoms with van der Waals surface area (Å²) in [5, 5.41) is -0.541. The molecule has 0 heterocycles. The first-order chi connectivity index (χ1) is 21.4. The van der Waals surface area contributed by atoms with Gasteiger partial charge in [0, 0.05) is 39.1 Å². The van der Waals surface area contributed by atoms with Crippen LogP contribution in [-0.2, 0) is 14.6 Å². The number of allylic oxidation sites excluding steroid dienone is 5. The third-order valence-electron chi connectivity index (χ3n) is 9.55. The Morgan fingerprint density at radius 3 is 2.22 bits per heavy atom. The molecule has 5 nitrogen and oxygen atoms in total. The normalized spacial score (nSPS) is 26.0. The van der Waals surface area contributed by atoms with Gasteiger partial charge >= 0.3 is 0 Å². The van der Waals surface area contributed by atoms with E-state index >= 15 is 0 Å². The summed E-state index contributed by atoms with van der Waals surface area (Å²) in [4.78, 5) is 14.9. The van der Waals surface area contributed by atoms with Crippen molar-refractivity contribution in [2.24, 2.45) is 5.92 Å². The summed E-state index contributed by atoms with van der Waals surface area (Å²) in [6, 6.07) is 21.5. The summed E-state index contributed by atoms with van der Waals surface area (Å²) < 4.78 is 53.3. The van der Waals surface area contributed by atoms with E-state index in [4.69, 9.17) is 23.2 Å².